The van der Waals surface area contributed by atoms with E-state index < -0.39 is 0 Å². The zero-order valence-electron chi connectivity index (χ0n) is 21.3. The Kier molecular flexibility index (Phi) is 11.4. The number of carbonyl (C=O) groups excluding carboxylic acids is 1. The quantitative estimate of drug-likeness (QED) is 0.174. The molecule has 0 saturated carbocycles. The minimum absolute atomic E-state index is 0.0182. The Morgan fingerprint density at radius 3 is 2.47 bits per heavy atom. The summed E-state index contributed by atoms with van der Waals surface area (Å²) in [6.45, 7) is 7.06. The Bertz CT molecular complexity index is 1010. The standard InChI is InChI=1S/C28H36Cl2N2O4/c1-4-5-6-25(36-20(2)33)18-32-15-13-21(14-16-32)19-35-24-11-12-26(27(30)17-24)28(31-34-3)22-7-9-23(29)10-8-22/h7-12,17,21,25H,4-6,13-16,18-19H2,1-3H3/b31-28+/t25-/m0/s1. The number of nitrogens with zero attached hydrogens (tertiary/aromatic N) is 2. The molecule has 1 atom stereocenters. The summed E-state index contributed by atoms with van der Waals surface area (Å²) in [5.74, 6) is 1.01. The Balaban J connectivity index is 1.53. The minimum Gasteiger partial charge on any atom is -0.493 e. The van der Waals surface area contributed by atoms with Crippen LogP contribution in [0.3, 0.4) is 0 Å². The van der Waals surface area contributed by atoms with Crippen molar-refractivity contribution in [2.45, 2.75) is 52.1 Å². The number of hydrogen-bond donors (Lipinski definition) is 0. The number of rotatable bonds is 12. The summed E-state index contributed by atoms with van der Waals surface area (Å²) in [5.41, 5.74) is 2.24. The summed E-state index contributed by atoms with van der Waals surface area (Å²) in [5, 5.41) is 5.37. The van der Waals surface area contributed by atoms with Crippen LogP contribution in [0, 0.1) is 5.92 Å². The molecule has 196 valence electrons. The smallest absolute Gasteiger partial charge is 0.302 e. The van der Waals surface area contributed by atoms with Gasteiger partial charge in [0.2, 0.25) is 0 Å². The van der Waals surface area contributed by atoms with Gasteiger partial charge in [0.05, 0.1) is 11.6 Å². The van der Waals surface area contributed by atoms with Gasteiger partial charge in [-0.25, -0.2) is 0 Å². The van der Waals surface area contributed by atoms with Crippen molar-refractivity contribution in [2.24, 2.45) is 11.1 Å². The molecule has 0 unspecified atom stereocenters. The first-order valence-corrected chi connectivity index (χ1v) is 13.3. The maximum atomic E-state index is 11.4. The van der Waals surface area contributed by atoms with Gasteiger partial charge in [0.15, 0.2) is 0 Å². The third-order valence-corrected chi connectivity index (χ3v) is 6.93. The molecule has 8 heteroatoms. The van der Waals surface area contributed by atoms with E-state index in [1.807, 2.05) is 30.3 Å². The van der Waals surface area contributed by atoms with E-state index in [-0.39, 0.29) is 12.1 Å². The molecule has 1 saturated heterocycles. The molecule has 0 spiro atoms. The van der Waals surface area contributed by atoms with E-state index in [4.69, 9.17) is 37.5 Å². The molecule has 0 aromatic heterocycles. The fourth-order valence-corrected chi connectivity index (χ4v) is 4.81. The van der Waals surface area contributed by atoms with Crippen LogP contribution >= 0.6 is 23.2 Å². The Labute approximate surface area is 224 Å². The van der Waals surface area contributed by atoms with Gasteiger partial charge in [0, 0.05) is 29.6 Å². The number of ether oxygens (including phenoxy) is 2. The molecule has 1 aliphatic heterocycles. The SMILES string of the molecule is CCCC[C@@H](CN1CCC(COc2ccc(/C(=N/OC)c3ccc(Cl)cc3)c(Cl)c2)CC1)OC(C)=O. The molecule has 6 nitrogen and oxygen atoms in total. The Morgan fingerprint density at radius 1 is 1.14 bits per heavy atom. The molecule has 36 heavy (non-hydrogen) atoms. The fraction of sp³-hybridized carbons (Fsp3) is 0.500. The molecule has 2 aromatic rings. The van der Waals surface area contributed by atoms with Crippen LogP contribution in [0.25, 0.3) is 0 Å². The molecule has 1 heterocycles. The van der Waals surface area contributed by atoms with E-state index in [9.17, 15) is 4.79 Å². The lowest BCUT2D eigenvalue weighted by Gasteiger charge is -2.34. The van der Waals surface area contributed by atoms with Crippen LogP contribution in [-0.2, 0) is 14.4 Å². The second-order valence-electron chi connectivity index (χ2n) is 9.20. The first-order chi connectivity index (χ1) is 17.4. The number of carbonyl (C=O) groups is 1. The van der Waals surface area contributed by atoms with Crippen molar-refractivity contribution < 1.29 is 19.1 Å². The van der Waals surface area contributed by atoms with Crippen LogP contribution in [0.1, 0.15) is 57.1 Å². The van der Waals surface area contributed by atoms with Gasteiger partial charge >= 0.3 is 5.97 Å². The maximum Gasteiger partial charge on any atom is 0.302 e. The number of likely N-dealkylation sites (tertiary alicyclic amines) is 1. The first-order valence-electron chi connectivity index (χ1n) is 12.6. The predicted molar refractivity (Wildman–Crippen MR) is 145 cm³/mol. The number of hydrogen-bond acceptors (Lipinski definition) is 6. The summed E-state index contributed by atoms with van der Waals surface area (Å²) in [6, 6.07) is 13.0. The van der Waals surface area contributed by atoms with Crippen LogP contribution in [-0.4, -0.2) is 56.0 Å². The summed E-state index contributed by atoms with van der Waals surface area (Å²) in [7, 11) is 1.51. The second kappa shape index (κ2) is 14.5. The molecule has 0 aliphatic carbocycles. The molecular formula is C28H36Cl2N2O4. The van der Waals surface area contributed by atoms with E-state index in [0.717, 1.165) is 68.6 Å². The summed E-state index contributed by atoms with van der Waals surface area (Å²) < 4.78 is 11.6. The maximum absolute atomic E-state index is 11.4. The van der Waals surface area contributed by atoms with Gasteiger partial charge in [-0.15, -0.1) is 0 Å². The molecule has 1 fully saturated rings. The molecule has 0 N–H and O–H groups in total. The topological polar surface area (TPSA) is 60.4 Å². The number of piperidine rings is 1. The largest absolute Gasteiger partial charge is 0.493 e. The van der Waals surface area contributed by atoms with Crippen molar-refractivity contribution in [1.29, 1.82) is 0 Å². The van der Waals surface area contributed by atoms with Crippen LogP contribution in [0.15, 0.2) is 47.6 Å². The third kappa shape index (κ3) is 8.68. The third-order valence-electron chi connectivity index (χ3n) is 6.36. The monoisotopic (exact) mass is 534 g/mol. The van der Waals surface area contributed by atoms with Crippen molar-refractivity contribution in [3.05, 3.63) is 63.6 Å². The van der Waals surface area contributed by atoms with Crippen molar-refractivity contribution in [3.63, 3.8) is 0 Å². The van der Waals surface area contributed by atoms with Gasteiger partial charge in [0.25, 0.3) is 0 Å². The van der Waals surface area contributed by atoms with Crippen LogP contribution in [0.5, 0.6) is 5.75 Å². The number of esters is 1. The highest BCUT2D eigenvalue weighted by atomic mass is 35.5. The van der Waals surface area contributed by atoms with Crippen LogP contribution in [0.4, 0.5) is 0 Å². The molecule has 3 rings (SSSR count). The molecule has 0 amide bonds. The number of unbranched alkanes of at least 4 members (excludes halogenated alkanes) is 1. The highest BCUT2D eigenvalue weighted by Gasteiger charge is 2.23. The highest BCUT2D eigenvalue weighted by Crippen LogP contribution is 2.27. The molecule has 0 bridgehead atoms. The van der Waals surface area contributed by atoms with Crippen LogP contribution in [0.2, 0.25) is 10.0 Å². The van der Waals surface area contributed by atoms with E-state index >= 15 is 0 Å². The molecule has 1 aliphatic rings. The Hall–Kier alpha value is -2.28. The van der Waals surface area contributed by atoms with Gasteiger partial charge in [-0.3, -0.25) is 9.69 Å². The fourth-order valence-electron chi connectivity index (χ4n) is 4.43. The zero-order valence-corrected chi connectivity index (χ0v) is 22.9. The number of oxime groups is 1. The van der Waals surface area contributed by atoms with Gasteiger partial charge in [-0.05, 0) is 75.0 Å². The van der Waals surface area contributed by atoms with E-state index in [1.165, 1.54) is 14.0 Å². The van der Waals surface area contributed by atoms with Crippen molar-refractivity contribution in [3.8, 4) is 5.75 Å². The van der Waals surface area contributed by atoms with E-state index in [2.05, 4.69) is 17.0 Å². The molecular weight excluding hydrogens is 499 g/mol. The lowest BCUT2D eigenvalue weighted by molar-refractivity contribution is -0.147. The lowest BCUT2D eigenvalue weighted by atomic mass is 9.97. The van der Waals surface area contributed by atoms with E-state index in [0.29, 0.717) is 28.3 Å². The lowest BCUT2D eigenvalue weighted by Crippen LogP contribution is -2.41. The predicted octanol–water partition coefficient (Wildman–Crippen LogP) is 6.60. The first kappa shape index (κ1) is 28.3. The minimum atomic E-state index is -0.196. The summed E-state index contributed by atoms with van der Waals surface area (Å²) in [4.78, 5) is 18.9. The van der Waals surface area contributed by atoms with Gasteiger partial charge < -0.3 is 14.3 Å². The van der Waals surface area contributed by atoms with Gasteiger partial charge in [0.1, 0.15) is 24.7 Å². The molecule has 2 aromatic carbocycles. The number of benzene rings is 2. The second-order valence-corrected chi connectivity index (χ2v) is 10.0. The zero-order chi connectivity index (χ0) is 25.9. The highest BCUT2D eigenvalue weighted by molar-refractivity contribution is 6.35. The summed E-state index contributed by atoms with van der Waals surface area (Å²) >= 11 is 12.6. The van der Waals surface area contributed by atoms with Gasteiger partial charge in [-0.2, -0.15) is 0 Å². The Morgan fingerprint density at radius 2 is 1.86 bits per heavy atom. The average molecular weight is 536 g/mol. The number of halogens is 2. The van der Waals surface area contributed by atoms with E-state index in [1.54, 1.807) is 12.1 Å². The summed E-state index contributed by atoms with van der Waals surface area (Å²) in [6.07, 6.45) is 5.17. The van der Waals surface area contributed by atoms with Crippen molar-refractivity contribution in [2.75, 3.05) is 33.4 Å². The van der Waals surface area contributed by atoms with Crippen molar-refractivity contribution >= 4 is 34.9 Å². The van der Waals surface area contributed by atoms with Crippen molar-refractivity contribution in [1.82, 2.24) is 4.90 Å². The normalized spacial score (nSPS) is 16.0. The average Bonchev–Trinajstić information content (AvgIpc) is 2.86. The van der Waals surface area contributed by atoms with Crippen LogP contribution < -0.4 is 4.74 Å². The van der Waals surface area contributed by atoms with Gasteiger partial charge in [-0.1, -0.05) is 53.8 Å². The molecule has 0 radical (unpaired) electrons.